The minimum atomic E-state index is -3.53. The molecule has 0 spiro atoms. The van der Waals surface area contributed by atoms with Crippen molar-refractivity contribution in [3.05, 3.63) is 23.2 Å². The van der Waals surface area contributed by atoms with Crippen molar-refractivity contribution in [1.82, 2.24) is 4.31 Å². The van der Waals surface area contributed by atoms with E-state index in [1.165, 1.54) is 13.2 Å². The lowest BCUT2D eigenvalue weighted by atomic mass is 9.78. The molecule has 1 aromatic rings. The maximum absolute atomic E-state index is 12.8. The van der Waals surface area contributed by atoms with E-state index < -0.39 is 10.0 Å². The van der Waals surface area contributed by atoms with E-state index >= 15 is 0 Å². The number of ether oxygens (including phenoxy) is 1. The van der Waals surface area contributed by atoms with Crippen LogP contribution in [0.1, 0.15) is 19.3 Å². The fourth-order valence-corrected chi connectivity index (χ4v) is 5.51. The van der Waals surface area contributed by atoms with Crippen LogP contribution in [0.2, 0.25) is 5.02 Å². The lowest BCUT2D eigenvalue weighted by Crippen LogP contribution is -2.38. The van der Waals surface area contributed by atoms with Crippen LogP contribution in [0, 0.1) is 11.8 Å². The summed E-state index contributed by atoms with van der Waals surface area (Å²) in [5.74, 6) is 1.13. The van der Waals surface area contributed by atoms with Crippen LogP contribution in [0.3, 0.4) is 0 Å². The van der Waals surface area contributed by atoms with Gasteiger partial charge in [-0.25, -0.2) is 8.42 Å². The average molecular weight is 381 g/mol. The predicted molar refractivity (Wildman–Crippen MR) is 92.8 cm³/mol. The van der Waals surface area contributed by atoms with Crippen molar-refractivity contribution < 1.29 is 13.2 Å². The first-order valence-electron chi connectivity index (χ1n) is 7.52. The zero-order valence-corrected chi connectivity index (χ0v) is 15.3. The van der Waals surface area contributed by atoms with E-state index in [1.54, 1.807) is 16.4 Å². The van der Waals surface area contributed by atoms with Gasteiger partial charge in [0.05, 0.1) is 17.0 Å². The first-order valence-corrected chi connectivity index (χ1v) is 9.34. The highest BCUT2D eigenvalue weighted by molar-refractivity contribution is 7.89. The third-order valence-corrected chi connectivity index (χ3v) is 7.00. The third-order valence-electron chi connectivity index (χ3n) is 4.88. The molecule has 2 N–H and O–H groups in total. The van der Waals surface area contributed by atoms with Gasteiger partial charge in [0.2, 0.25) is 10.0 Å². The van der Waals surface area contributed by atoms with E-state index in [2.05, 4.69) is 0 Å². The number of fused-ring (bicyclic) bond motifs is 1. The van der Waals surface area contributed by atoms with E-state index in [-0.39, 0.29) is 29.3 Å². The van der Waals surface area contributed by atoms with Crippen molar-refractivity contribution in [3.8, 4) is 5.75 Å². The number of nitrogens with zero attached hydrogens (tertiary/aromatic N) is 1. The largest absolute Gasteiger partial charge is 0.495 e. The molecule has 23 heavy (non-hydrogen) atoms. The molecule has 1 aliphatic heterocycles. The summed E-state index contributed by atoms with van der Waals surface area (Å²) in [7, 11) is -2.03. The summed E-state index contributed by atoms with van der Waals surface area (Å²) >= 11 is 6.06. The van der Waals surface area contributed by atoms with Crippen LogP contribution in [-0.4, -0.2) is 39.0 Å². The smallest absolute Gasteiger partial charge is 0.243 e. The monoisotopic (exact) mass is 380 g/mol. The Morgan fingerprint density at radius 3 is 2.65 bits per heavy atom. The maximum Gasteiger partial charge on any atom is 0.243 e. The normalized spacial score (nSPS) is 28.0. The molecule has 2 aliphatic rings. The Morgan fingerprint density at radius 2 is 2.04 bits per heavy atom. The van der Waals surface area contributed by atoms with Gasteiger partial charge in [0.15, 0.2) is 0 Å². The molecule has 130 valence electrons. The molecule has 1 saturated carbocycles. The van der Waals surface area contributed by atoms with Gasteiger partial charge in [-0.05, 0) is 42.9 Å². The summed E-state index contributed by atoms with van der Waals surface area (Å²) < 4.78 is 32.3. The highest BCUT2D eigenvalue weighted by atomic mass is 35.5. The Labute approximate surface area is 148 Å². The topological polar surface area (TPSA) is 72.6 Å². The standard InChI is InChI=1S/C15H21ClN2O3S.ClH/c1-21-15-6-5-11(7-13(15)16)22(19,20)18-8-10-3-2-4-14(17)12(10)9-18;/h5-7,10,12,14H,2-4,8-9,17H2,1H3;1H. The first kappa shape index (κ1) is 18.8. The molecule has 0 aromatic heterocycles. The van der Waals surface area contributed by atoms with E-state index in [0.29, 0.717) is 29.8 Å². The van der Waals surface area contributed by atoms with E-state index in [4.69, 9.17) is 22.1 Å². The highest BCUT2D eigenvalue weighted by Crippen LogP contribution is 2.38. The minimum absolute atomic E-state index is 0. The quantitative estimate of drug-likeness (QED) is 0.873. The van der Waals surface area contributed by atoms with Gasteiger partial charge in [0.1, 0.15) is 5.75 Å². The van der Waals surface area contributed by atoms with Crippen LogP contribution in [0.5, 0.6) is 5.75 Å². The SMILES string of the molecule is COc1ccc(S(=O)(=O)N2CC3CCCC(N)C3C2)cc1Cl.Cl. The number of methoxy groups -OCH3 is 1. The number of rotatable bonds is 3. The Balaban J connectivity index is 0.00000192. The van der Waals surface area contributed by atoms with Crippen LogP contribution in [0.4, 0.5) is 0 Å². The van der Waals surface area contributed by atoms with Gasteiger partial charge in [-0.2, -0.15) is 4.31 Å². The molecule has 3 unspecified atom stereocenters. The van der Waals surface area contributed by atoms with Crippen molar-refractivity contribution in [1.29, 1.82) is 0 Å². The van der Waals surface area contributed by atoms with Crippen molar-refractivity contribution in [2.45, 2.75) is 30.2 Å². The lowest BCUT2D eigenvalue weighted by Gasteiger charge is -2.29. The Morgan fingerprint density at radius 1 is 1.30 bits per heavy atom. The van der Waals surface area contributed by atoms with Crippen LogP contribution < -0.4 is 10.5 Å². The molecule has 1 aliphatic carbocycles. The highest BCUT2D eigenvalue weighted by Gasteiger charge is 2.43. The number of halogens is 2. The molecule has 5 nitrogen and oxygen atoms in total. The first-order chi connectivity index (χ1) is 10.4. The van der Waals surface area contributed by atoms with Crippen molar-refractivity contribution in [2.24, 2.45) is 17.6 Å². The van der Waals surface area contributed by atoms with Gasteiger partial charge in [0.25, 0.3) is 0 Å². The van der Waals surface area contributed by atoms with Gasteiger partial charge in [-0.15, -0.1) is 12.4 Å². The summed E-state index contributed by atoms with van der Waals surface area (Å²) in [6.45, 7) is 1.07. The molecule has 0 bridgehead atoms. The molecule has 0 amide bonds. The number of benzene rings is 1. The van der Waals surface area contributed by atoms with E-state index in [1.807, 2.05) is 0 Å². The van der Waals surface area contributed by atoms with E-state index in [0.717, 1.165) is 19.3 Å². The molecular formula is C15H22Cl2N2O3S. The number of hydrogen-bond acceptors (Lipinski definition) is 4. The van der Waals surface area contributed by atoms with Crippen molar-refractivity contribution in [2.75, 3.05) is 20.2 Å². The van der Waals surface area contributed by atoms with Gasteiger partial charge < -0.3 is 10.5 Å². The molecule has 3 rings (SSSR count). The zero-order chi connectivity index (χ0) is 15.9. The minimum Gasteiger partial charge on any atom is -0.495 e. The number of nitrogens with two attached hydrogens (primary N) is 1. The van der Waals surface area contributed by atoms with Gasteiger partial charge >= 0.3 is 0 Å². The molecule has 8 heteroatoms. The lowest BCUT2D eigenvalue weighted by molar-refractivity contribution is 0.260. The molecular weight excluding hydrogens is 359 g/mol. The van der Waals surface area contributed by atoms with E-state index in [9.17, 15) is 8.42 Å². The molecule has 1 heterocycles. The van der Waals surface area contributed by atoms with Gasteiger partial charge in [-0.3, -0.25) is 0 Å². The summed E-state index contributed by atoms with van der Waals surface area (Å²) in [5.41, 5.74) is 6.17. The summed E-state index contributed by atoms with van der Waals surface area (Å²) in [4.78, 5) is 0.213. The third kappa shape index (κ3) is 3.46. The van der Waals surface area contributed by atoms with Gasteiger partial charge in [0, 0.05) is 19.1 Å². The summed E-state index contributed by atoms with van der Waals surface area (Å²) in [6, 6.07) is 4.70. The Hall–Kier alpha value is -0.530. The van der Waals surface area contributed by atoms with Crippen molar-refractivity contribution >= 4 is 34.0 Å². The molecule has 2 fully saturated rings. The molecule has 1 aromatic carbocycles. The average Bonchev–Trinajstić information content (AvgIpc) is 2.93. The number of hydrogen-bond donors (Lipinski definition) is 1. The summed E-state index contributed by atoms with van der Waals surface area (Å²) in [6.07, 6.45) is 3.14. The second-order valence-corrected chi connectivity index (χ2v) is 8.48. The molecule has 1 saturated heterocycles. The fraction of sp³-hybridized carbons (Fsp3) is 0.600. The van der Waals surface area contributed by atoms with Crippen LogP contribution in [0.15, 0.2) is 23.1 Å². The van der Waals surface area contributed by atoms with Crippen molar-refractivity contribution in [3.63, 3.8) is 0 Å². The van der Waals surface area contributed by atoms with Crippen LogP contribution in [-0.2, 0) is 10.0 Å². The van der Waals surface area contributed by atoms with Crippen LogP contribution >= 0.6 is 24.0 Å². The zero-order valence-electron chi connectivity index (χ0n) is 12.9. The number of sulfonamides is 1. The Kier molecular flexibility index (Phi) is 5.85. The summed E-state index contributed by atoms with van der Waals surface area (Å²) in [5, 5.41) is 0.303. The Bertz CT molecular complexity index is 669. The molecule has 0 radical (unpaired) electrons. The molecule has 3 atom stereocenters. The second kappa shape index (κ2) is 7.15. The maximum atomic E-state index is 12.8. The fourth-order valence-electron chi connectivity index (χ4n) is 3.63. The second-order valence-electron chi connectivity index (χ2n) is 6.14. The van der Waals surface area contributed by atoms with Gasteiger partial charge in [-0.1, -0.05) is 18.0 Å². The van der Waals surface area contributed by atoms with Crippen LogP contribution in [0.25, 0.3) is 0 Å². The predicted octanol–water partition coefficient (Wildman–Crippen LogP) is 2.52.